The maximum absolute atomic E-state index is 13.2. The van der Waals surface area contributed by atoms with Gasteiger partial charge in [-0.1, -0.05) is 37.3 Å². The van der Waals surface area contributed by atoms with Crippen LogP contribution in [0.2, 0.25) is 0 Å². The highest BCUT2D eigenvalue weighted by molar-refractivity contribution is 6.03. The van der Waals surface area contributed by atoms with Crippen molar-refractivity contribution in [1.29, 1.82) is 0 Å². The lowest BCUT2D eigenvalue weighted by Crippen LogP contribution is -2.40. The standard InChI is InChI=1S/C19H21NO4/c1-3-12-7-5-6-8-13(12)20-11-19-10-9-14(24-19)15(16(19)17(20)21)18(22)23-4-2/h5-10,14-16H,3-4,11H2,1-2H3/t14-,15+,16+,19+/m1/s1. The largest absolute Gasteiger partial charge is 0.466 e. The maximum Gasteiger partial charge on any atom is 0.312 e. The normalized spacial score (nSPS) is 33.2. The molecule has 2 saturated heterocycles. The molecule has 0 unspecified atom stereocenters. The van der Waals surface area contributed by atoms with E-state index in [1.165, 1.54) is 0 Å². The lowest BCUT2D eigenvalue weighted by atomic mass is 9.77. The van der Waals surface area contributed by atoms with Gasteiger partial charge in [0.15, 0.2) is 0 Å². The van der Waals surface area contributed by atoms with Gasteiger partial charge < -0.3 is 14.4 Å². The third-order valence-electron chi connectivity index (χ3n) is 5.32. The summed E-state index contributed by atoms with van der Waals surface area (Å²) in [4.78, 5) is 27.3. The van der Waals surface area contributed by atoms with Crippen molar-refractivity contribution in [3.8, 4) is 0 Å². The van der Waals surface area contributed by atoms with Gasteiger partial charge in [0, 0.05) is 5.69 Å². The summed E-state index contributed by atoms with van der Waals surface area (Å²) in [5, 5.41) is 0. The highest BCUT2D eigenvalue weighted by Gasteiger charge is 2.67. The third kappa shape index (κ3) is 1.97. The Morgan fingerprint density at radius 1 is 1.38 bits per heavy atom. The van der Waals surface area contributed by atoms with E-state index < -0.39 is 17.4 Å². The van der Waals surface area contributed by atoms with Gasteiger partial charge in [0.05, 0.1) is 25.2 Å². The summed E-state index contributed by atoms with van der Waals surface area (Å²) in [5.74, 6) is -1.41. The van der Waals surface area contributed by atoms with E-state index in [0.717, 1.165) is 17.7 Å². The summed E-state index contributed by atoms with van der Waals surface area (Å²) in [5.41, 5.74) is 1.34. The lowest BCUT2D eigenvalue weighted by Gasteiger charge is -2.23. The van der Waals surface area contributed by atoms with Gasteiger partial charge in [0.1, 0.15) is 11.5 Å². The van der Waals surface area contributed by atoms with Crippen molar-refractivity contribution in [3.63, 3.8) is 0 Å². The average molecular weight is 327 g/mol. The van der Waals surface area contributed by atoms with Crippen molar-refractivity contribution in [1.82, 2.24) is 0 Å². The maximum atomic E-state index is 13.2. The molecular formula is C19H21NO4. The quantitative estimate of drug-likeness (QED) is 0.628. The number of esters is 1. The zero-order valence-corrected chi connectivity index (χ0v) is 13.9. The molecular weight excluding hydrogens is 306 g/mol. The SMILES string of the molecule is CCOC(=O)[C@@H]1[C@H]2C(=O)N(c3ccccc3CC)C[C@@]23C=C[C@H]1O3. The number of benzene rings is 1. The molecule has 126 valence electrons. The van der Waals surface area contributed by atoms with Gasteiger partial charge in [0.2, 0.25) is 5.91 Å². The number of para-hydroxylation sites is 1. The number of nitrogens with zero attached hydrogens (tertiary/aromatic N) is 1. The Hall–Kier alpha value is -2.14. The van der Waals surface area contributed by atoms with Crippen molar-refractivity contribution >= 4 is 17.6 Å². The highest BCUT2D eigenvalue weighted by Crippen LogP contribution is 2.53. The van der Waals surface area contributed by atoms with Crippen LogP contribution < -0.4 is 4.90 Å². The fraction of sp³-hybridized carbons (Fsp3) is 0.474. The van der Waals surface area contributed by atoms with Crippen LogP contribution in [0.1, 0.15) is 19.4 Å². The molecule has 3 aliphatic rings. The summed E-state index contributed by atoms with van der Waals surface area (Å²) < 4.78 is 11.3. The molecule has 3 aliphatic heterocycles. The average Bonchev–Trinajstić information content (AvgIpc) is 3.23. The first-order valence-electron chi connectivity index (χ1n) is 8.54. The molecule has 5 heteroatoms. The Balaban J connectivity index is 1.71. The van der Waals surface area contributed by atoms with E-state index in [1.54, 1.807) is 11.8 Å². The third-order valence-corrected chi connectivity index (χ3v) is 5.32. The van der Waals surface area contributed by atoms with Gasteiger partial charge in [0.25, 0.3) is 0 Å². The van der Waals surface area contributed by atoms with Gasteiger partial charge >= 0.3 is 5.97 Å². The molecule has 0 saturated carbocycles. The number of hydrogen-bond acceptors (Lipinski definition) is 4. The lowest BCUT2D eigenvalue weighted by molar-refractivity contribution is -0.151. The smallest absolute Gasteiger partial charge is 0.312 e. The number of carbonyl (C=O) groups excluding carboxylic acids is 2. The number of rotatable bonds is 4. The van der Waals surface area contributed by atoms with Crippen LogP contribution in [-0.2, 0) is 25.5 Å². The minimum atomic E-state index is -0.694. The summed E-state index contributed by atoms with van der Waals surface area (Å²) in [6.45, 7) is 4.61. The number of carbonyl (C=O) groups is 2. The second kappa shape index (κ2) is 5.45. The Labute approximate surface area is 141 Å². The van der Waals surface area contributed by atoms with Crippen LogP contribution >= 0.6 is 0 Å². The molecule has 0 aliphatic carbocycles. The minimum absolute atomic E-state index is 0.0409. The van der Waals surface area contributed by atoms with E-state index in [0.29, 0.717) is 13.2 Å². The van der Waals surface area contributed by atoms with E-state index in [9.17, 15) is 9.59 Å². The van der Waals surface area contributed by atoms with Crippen molar-refractivity contribution in [2.45, 2.75) is 32.0 Å². The molecule has 1 spiro atoms. The number of amides is 1. The molecule has 1 amide bonds. The van der Waals surface area contributed by atoms with Crippen LogP contribution in [0.3, 0.4) is 0 Å². The Morgan fingerprint density at radius 2 is 2.17 bits per heavy atom. The zero-order valence-electron chi connectivity index (χ0n) is 13.9. The number of aryl methyl sites for hydroxylation is 1. The summed E-state index contributed by atoms with van der Waals surface area (Å²) >= 11 is 0. The van der Waals surface area contributed by atoms with Crippen LogP contribution in [0.25, 0.3) is 0 Å². The molecule has 0 N–H and O–H groups in total. The van der Waals surface area contributed by atoms with Crippen LogP contribution in [0.5, 0.6) is 0 Å². The number of anilines is 1. The predicted octanol–water partition coefficient (Wildman–Crippen LogP) is 2.10. The molecule has 5 nitrogen and oxygen atoms in total. The Kier molecular flexibility index (Phi) is 3.49. The molecule has 1 aromatic rings. The first-order chi connectivity index (χ1) is 11.6. The first-order valence-corrected chi connectivity index (χ1v) is 8.54. The molecule has 0 aromatic heterocycles. The first kappa shape index (κ1) is 15.4. The monoisotopic (exact) mass is 327 g/mol. The van der Waals surface area contributed by atoms with E-state index in [4.69, 9.17) is 9.47 Å². The summed E-state index contributed by atoms with van der Waals surface area (Å²) in [6, 6.07) is 7.91. The fourth-order valence-corrected chi connectivity index (χ4v) is 4.28. The minimum Gasteiger partial charge on any atom is -0.466 e. The number of fused-ring (bicyclic) bond motifs is 1. The van der Waals surface area contributed by atoms with E-state index in [-0.39, 0.29) is 18.0 Å². The van der Waals surface area contributed by atoms with E-state index in [2.05, 4.69) is 6.92 Å². The van der Waals surface area contributed by atoms with Gasteiger partial charge in [-0.3, -0.25) is 9.59 Å². The molecule has 2 bridgehead atoms. The van der Waals surface area contributed by atoms with Crippen molar-refractivity contribution in [3.05, 3.63) is 42.0 Å². The Morgan fingerprint density at radius 3 is 2.92 bits per heavy atom. The van der Waals surface area contributed by atoms with Gasteiger partial charge in [-0.2, -0.15) is 0 Å². The molecule has 1 aromatic carbocycles. The van der Waals surface area contributed by atoms with Gasteiger partial charge in [-0.25, -0.2) is 0 Å². The van der Waals surface area contributed by atoms with Gasteiger partial charge in [-0.15, -0.1) is 0 Å². The van der Waals surface area contributed by atoms with Crippen molar-refractivity contribution < 1.29 is 19.1 Å². The van der Waals surface area contributed by atoms with Crippen LogP contribution in [0, 0.1) is 11.8 Å². The molecule has 4 atom stereocenters. The van der Waals surface area contributed by atoms with Gasteiger partial charge in [-0.05, 0) is 25.0 Å². The highest BCUT2D eigenvalue weighted by atomic mass is 16.6. The fourth-order valence-electron chi connectivity index (χ4n) is 4.28. The zero-order chi connectivity index (χ0) is 16.9. The molecule has 4 rings (SSSR count). The summed E-state index contributed by atoms with van der Waals surface area (Å²) in [6.07, 6.45) is 4.37. The van der Waals surface area contributed by atoms with E-state index >= 15 is 0 Å². The second-order valence-electron chi connectivity index (χ2n) is 6.56. The molecule has 0 radical (unpaired) electrons. The molecule has 2 fully saturated rings. The summed E-state index contributed by atoms with van der Waals surface area (Å²) in [7, 11) is 0. The number of ether oxygens (including phenoxy) is 2. The molecule has 24 heavy (non-hydrogen) atoms. The molecule has 3 heterocycles. The van der Waals surface area contributed by atoms with E-state index in [1.807, 2.05) is 36.4 Å². The van der Waals surface area contributed by atoms with Crippen LogP contribution in [0.4, 0.5) is 5.69 Å². The van der Waals surface area contributed by atoms with Crippen LogP contribution in [-0.4, -0.2) is 36.7 Å². The van der Waals surface area contributed by atoms with Crippen molar-refractivity contribution in [2.75, 3.05) is 18.1 Å². The predicted molar refractivity (Wildman–Crippen MR) is 88.5 cm³/mol. The topological polar surface area (TPSA) is 55.8 Å². The van der Waals surface area contributed by atoms with Crippen molar-refractivity contribution in [2.24, 2.45) is 11.8 Å². The van der Waals surface area contributed by atoms with Crippen LogP contribution in [0.15, 0.2) is 36.4 Å². The number of hydrogen-bond donors (Lipinski definition) is 0. The Bertz CT molecular complexity index is 728. The second-order valence-corrected chi connectivity index (χ2v) is 6.56.